The summed E-state index contributed by atoms with van der Waals surface area (Å²) < 4.78 is 7.76. The predicted molar refractivity (Wildman–Crippen MR) is 87.5 cm³/mol. The van der Waals surface area contributed by atoms with E-state index in [1.54, 1.807) is 0 Å². The van der Waals surface area contributed by atoms with Crippen molar-refractivity contribution in [3.8, 4) is 5.75 Å². The van der Waals surface area contributed by atoms with Gasteiger partial charge in [0.25, 0.3) is 5.56 Å². The summed E-state index contributed by atoms with van der Waals surface area (Å²) in [4.78, 5) is 12.9. The molecule has 3 nitrogen and oxygen atoms in total. The number of pyridine rings is 1. The minimum Gasteiger partial charge on any atom is -0.489 e. The minimum absolute atomic E-state index is 0.0682. The van der Waals surface area contributed by atoms with Gasteiger partial charge in [-0.05, 0) is 24.6 Å². The Morgan fingerprint density at radius 2 is 1.82 bits per heavy atom. The first-order valence-electron chi connectivity index (χ1n) is 7.59. The van der Waals surface area contributed by atoms with Gasteiger partial charge in [-0.1, -0.05) is 42.5 Å². The predicted octanol–water partition coefficient (Wildman–Crippen LogP) is 3.37. The third kappa shape index (κ3) is 2.01. The summed E-state index contributed by atoms with van der Waals surface area (Å²) in [6, 6.07) is 18.1. The molecule has 2 heterocycles. The monoisotopic (exact) mass is 291 g/mol. The van der Waals surface area contributed by atoms with Crippen LogP contribution in [0.1, 0.15) is 18.1 Å². The van der Waals surface area contributed by atoms with E-state index in [0.29, 0.717) is 13.0 Å². The number of hydrogen-bond acceptors (Lipinski definition) is 2. The molecule has 0 saturated carbocycles. The van der Waals surface area contributed by atoms with Crippen molar-refractivity contribution in [3.05, 3.63) is 76.1 Å². The summed E-state index contributed by atoms with van der Waals surface area (Å²) in [5, 5.41) is 1.03. The Morgan fingerprint density at radius 1 is 1.09 bits per heavy atom. The summed E-state index contributed by atoms with van der Waals surface area (Å²) in [6.45, 7) is 2.59. The van der Waals surface area contributed by atoms with E-state index in [0.717, 1.165) is 27.8 Å². The Morgan fingerprint density at radius 3 is 2.64 bits per heavy atom. The summed E-state index contributed by atoms with van der Waals surface area (Å²) in [6.07, 6.45) is 0.757. The highest BCUT2D eigenvalue weighted by molar-refractivity contribution is 5.87. The third-order valence-electron chi connectivity index (χ3n) is 4.21. The molecular weight excluding hydrogens is 274 g/mol. The van der Waals surface area contributed by atoms with Gasteiger partial charge in [-0.25, -0.2) is 0 Å². The maximum atomic E-state index is 12.9. The number of para-hydroxylation sites is 1. The Labute approximate surface area is 128 Å². The van der Waals surface area contributed by atoms with E-state index in [-0.39, 0.29) is 11.7 Å². The topological polar surface area (TPSA) is 31.2 Å². The summed E-state index contributed by atoms with van der Waals surface area (Å²) in [7, 11) is 0. The van der Waals surface area contributed by atoms with Crippen LogP contribution in [-0.2, 0) is 13.0 Å². The normalized spacial score (nSPS) is 16.5. The van der Waals surface area contributed by atoms with Crippen molar-refractivity contribution in [2.75, 3.05) is 0 Å². The molecule has 2 aromatic carbocycles. The van der Waals surface area contributed by atoms with Crippen molar-refractivity contribution >= 4 is 10.9 Å². The first-order valence-corrected chi connectivity index (χ1v) is 7.59. The van der Waals surface area contributed by atoms with Crippen LogP contribution in [0.2, 0.25) is 0 Å². The third-order valence-corrected chi connectivity index (χ3v) is 4.21. The summed E-state index contributed by atoms with van der Waals surface area (Å²) in [5.41, 5.74) is 2.94. The van der Waals surface area contributed by atoms with E-state index in [9.17, 15) is 4.79 Å². The van der Waals surface area contributed by atoms with Crippen molar-refractivity contribution in [1.29, 1.82) is 0 Å². The van der Waals surface area contributed by atoms with E-state index in [4.69, 9.17) is 4.74 Å². The van der Waals surface area contributed by atoms with Gasteiger partial charge in [0.05, 0.1) is 17.6 Å². The van der Waals surface area contributed by atoms with Crippen LogP contribution in [0.3, 0.4) is 0 Å². The van der Waals surface area contributed by atoms with Gasteiger partial charge in [0.15, 0.2) is 0 Å². The molecule has 22 heavy (non-hydrogen) atoms. The quantitative estimate of drug-likeness (QED) is 0.725. The van der Waals surface area contributed by atoms with Crippen molar-refractivity contribution in [3.63, 3.8) is 0 Å². The molecule has 0 bridgehead atoms. The lowest BCUT2D eigenvalue weighted by Gasteiger charge is -2.13. The number of hydrogen-bond donors (Lipinski definition) is 0. The highest BCUT2D eigenvalue weighted by Gasteiger charge is 2.26. The maximum Gasteiger partial charge on any atom is 0.258 e. The van der Waals surface area contributed by atoms with E-state index in [2.05, 4.69) is 0 Å². The molecule has 0 saturated heterocycles. The molecule has 0 radical (unpaired) electrons. The zero-order chi connectivity index (χ0) is 15.1. The molecule has 1 aromatic heterocycles. The fourth-order valence-corrected chi connectivity index (χ4v) is 3.20. The number of aromatic nitrogens is 1. The molecule has 3 aromatic rings. The molecule has 0 N–H and O–H groups in total. The number of benzene rings is 2. The number of nitrogens with zero attached hydrogens (tertiary/aromatic N) is 1. The highest BCUT2D eigenvalue weighted by Crippen LogP contribution is 2.34. The highest BCUT2D eigenvalue weighted by atomic mass is 16.5. The Balaban J connectivity index is 1.97. The van der Waals surface area contributed by atoms with E-state index in [1.807, 2.05) is 66.1 Å². The van der Waals surface area contributed by atoms with Crippen molar-refractivity contribution in [2.24, 2.45) is 0 Å². The van der Waals surface area contributed by atoms with Gasteiger partial charge in [0.1, 0.15) is 11.9 Å². The Kier molecular flexibility index (Phi) is 3.00. The van der Waals surface area contributed by atoms with Gasteiger partial charge in [0, 0.05) is 11.8 Å². The van der Waals surface area contributed by atoms with Gasteiger partial charge in [-0.3, -0.25) is 4.79 Å². The standard InChI is InChI=1S/C19H17NO2/c1-13-11-16-18(22-13)15-9-5-6-10-17(15)20(19(16)21)12-14-7-3-2-4-8-14/h2-10,13H,11-12H2,1H3. The van der Waals surface area contributed by atoms with Crippen LogP contribution in [0.15, 0.2) is 59.4 Å². The van der Waals surface area contributed by atoms with E-state index >= 15 is 0 Å². The van der Waals surface area contributed by atoms with Gasteiger partial charge in [-0.15, -0.1) is 0 Å². The molecule has 0 spiro atoms. The molecule has 0 amide bonds. The van der Waals surface area contributed by atoms with E-state index in [1.165, 1.54) is 0 Å². The van der Waals surface area contributed by atoms with Crippen LogP contribution in [0.4, 0.5) is 0 Å². The largest absolute Gasteiger partial charge is 0.489 e. The molecule has 3 heteroatoms. The number of ether oxygens (including phenoxy) is 1. The zero-order valence-corrected chi connectivity index (χ0v) is 12.5. The smallest absolute Gasteiger partial charge is 0.258 e. The average molecular weight is 291 g/mol. The molecular formula is C19H17NO2. The summed E-state index contributed by atoms with van der Waals surface area (Å²) in [5.74, 6) is 0.775. The van der Waals surface area contributed by atoms with Crippen LogP contribution in [-0.4, -0.2) is 10.7 Å². The molecule has 0 fully saturated rings. The van der Waals surface area contributed by atoms with Crippen LogP contribution < -0.4 is 10.3 Å². The summed E-state index contributed by atoms with van der Waals surface area (Å²) >= 11 is 0. The second-order valence-corrected chi connectivity index (χ2v) is 5.83. The first-order chi connectivity index (χ1) is 10.7. The Bertz CT molecular complexity index is 896. The van der Waals surface area contributed by atoms with Crippen molar-refractivity contribution in [1.82, 2.24) is 4.57 Å². The van der Waals surface area contributed by atoms with Gasteiger partial charge >= 0.3 is 0 Å². The lowest BCUT2D eigenvalue weighted by Crippen LogP contribution is -2.24. The number of rotatable bonds is 2. The van der Waals surface area contributed by atoms with Crippen LogP contribution in [0.25, 0.3) is 10.9 Å². The van der Waals surface area contributed by atoms with Crippen LogP contribution >= 0.6 is 0 Å². The molecule has 1 unspecified atom stereocenters. The van der Waals surface area contributed by atoms with Crippen molar-refractivity contribution in [2.45, 2.75) is 26.0 Å². The fraction of sp³-hybridized carbons (Fsp3) is 0.211. The van der Waals surface area contributed by atoms with Gasteiger partial charge < -0.3 is 9.30 Å². The molecule has 1 aliphatic rings. The number of fused-ring (bicyclic) bond motifs is 3. The second-order valence-electron chi connectivity index (χ2n) is 5.83. The van der Waals surface area contributed by atoms with Crippen LogP contribution in [0.5, 0.6) is 5.75 Å². The lowest BCUT2D eigenvalue weighted by atomic mass is 10.1. The SMILES string of the molecule is CC1Cc2c(c3ccccc3n(Cc3ccccc3)c2=O)O1. The van der Waals surface area contributed by atoms with Crippen molar-refractivity contribution < 1.29 is 4.74 Å². The molecule has 110 valence electrons. The average Bonchev–Trinajstić information content (AvgIpc) is 2.95. The Hall–Kier alpha value is -2.55. The molecule has 1 aliphatic heterocycles. The maximum absolute atomic E-state index is 12.9. The lowest BCUT2D eigenvalue weighted by molar-refractivity contribution is 0.257. The molecule has 0 aliphatic carbocycles. The van der Waals surface area contributed by atoms with E-state index < -0.39 is 0 Å². The first kappa shape index (κ1) is 13.1. The molecule has 1 atom stereocenters. The van der Waals surface area contributed by atoms with Gasteiger partial charge in [0.2, 0.25) is 0 Å². The second kappa shape index (κ2) is 5.02. The molecule has 4 rings (SSSR count). The minimum atomic E-state index is 0.0682. The zero-order valence-electron chi connectivity index (χ0n) is 12.5. The van der Waals surface area contributed by atoms with Crippen LogP contribution in [0, 0.1) is 0 Å². The van der Waals surface area contributed by atoms with Gasteiger partial charge in [-0.2, -0.15) is 0 Å². The fourth-order valence-electron chi connectivity index (χ4n) is 3.20.